The largest absolute Gasteiger partial charge is 0.493 e. The SMILES string of the molecule is COc1cc(-c2nc3ccccc3c(=O)n2-c2cc(C)cc(C)c2)cc(OC)c1OC. The average Bonchev–Trinajstić information content (AvgIpc) is 2.77. The summed E-state index contributed by atoms with van der Waals surface area (Å²) >= 11 is 0. The van der Waals surface area contributed by atoms with Crippen LogP contribution in [0.15, 0.2) is 59.4 Å². The number of fused-ring (bicyclic) bond motifs is 1. The molecule has 4 aromatic rings. The van der Waals surface area contributed by atoms with E-state index in [2.05, 4.69) is 6.07 Å². The van der Waals surface area contributed by atoms with Crippen LogP contribution >= 0.6 is 0 Å². The van der Waals surface area contributed by atoms with Crippen molar-refractivity contribution in [3.05, 3.63) is 76.1 Å². The maximum absolute atomic E-state index is 13.6. The number of nitrogens with zero attached hydrogens (tertiary/aromatic N) is 2. The Balaban J connectivity index is 2.12. The van der Waals surface area contributed by atoms with Crippen LogP contribution in [-0.2, 0) is 0 Å². The summed E-state index contributed by atoms with van der Waals surface area (Å²) in [6, 6.07) is 17.0. The van der Waals surface area contributed by atoms with E-state index in [0.29, 0.717) is 39.5 Å². The topological polar surface area (TPSA) is 62.6 Å². The van der Waals surface area contributed by atoms with Crippen LogP contribution in [0.5, 0.6) is 17.2 Å². The van der Waals surface area contributed by atoms with Crippen molar-refractivity contribution in [3.63, 3.8) is 0 Å². The molecule has 6 heteroatoms. The van der Waals surface area contributed by atoms with Crippen molar-refractivity contribution in [1.29, 1.82) is 0 Å². The van der Waals surface area contributed by atoms with Crippen LogP contribution in [0.4, 0.5) is 0 Å². The van der Waals surface area contributed by atoms with Gasteiger partial charge in [-0.05, 0) is 61.4 Å². The molecule has 0 atom stereocenters. The molecule has 1 aromatic heterocycles. The molecule has 0 spiro atoms. The highest BCUT2D eigenvalue weighted by Crippen LogP contribution is 2.41. The fraction of sp³-hybridized carbons (Fsp3) is 0.200. The third-order valence-electron chi connectivity index (χ3n) is 5.16. The summed E-state index contributed by atoms with van der Waals surface area (Å²) in [5.74, 6) is 1.96. The molecular weight excluding hydrogens is 392 g/mol. The van der Waals surface area contributed by atoms with Crippen molar-refractivity contribution in [2.45, 2.75) is 13.8 Å². The van der Waals surface area contributed by atoms with Gasteiger partial charge in [0.15, 0.2) is 11.5 Å². The first-order valence-electron chi connectivity index (χ1n) is 9.87. The first-order valence-corrected chi connectivity index (χ1v) is 9.87. The van der Waals surface area contributed by atoms with Gasteiger partial charge in [-0.2, -0.15) is 0 Å². The van der Waals surface area contributed by atoms with Gasteiger partial charge >= 0.3 is 0 Å². The van der Waals surface area contributed by atoms with Crippen LogP contribution in [0.1, 0.15) is 11.1 Å². The summed E-state index contributed by atoms with van der Waals surface area (Å²) in [6.45, 7) is 4.02. The minimum Gasteiger partial charge on any atom is -0.493 e. The Morgan fingerprint density at radius 1 is 0.806 bits per heavy atom. The van der Waals surface area contributed by atoms with Crippen LogP contribution in [0.3, 0.4) is 0 Å². The maximum Gasteiger partial charge on any atom is 0.266 e. The number of para-hydroxylation sites is 1. The molecule has 0 saturated carbocycles. The summed E-state index contributed by atoms with van der Waals surface area (Å²) in [5, 5.41) is 0.554. The lowest BCUT2D eigenvalue weighted by Gasteiger charge is -2.18. The maximum atomic E-state index is 13.6. The summed E-state index contributed by atoms with van der Waals surface area (Å²) in [7, 11) is 4.68. The molecule has 0 unspecified atom stereocenters. The van der Waals surface area contributed by atoms with Gasteiger partial charge < -0.3 is 14.2 Å². The molecule has 158 valence electrons. The number of benzene rings is 3. The highest BCUT2D eigenvalue weighted by molar-refractivity contribution is 5.81. The molecule has 0 N–H and O–H groups in total. The van der Waals surface area contributed by atoms with Crippen molar-refractivity contribution in [2.75, 3.05) is 21.3 Å². The molecule has 0 bridgehead atoms. The number of aryl methyl sites for hydroxylation is 2. The van der Waals surface area contributed by atoms with E-state index in [1.807, 2.05) is 44.2 Å². The smallest absolute Gasteiger partial charge is 0.266 e. The van der Waals surface area contributed by atoms with Crippen molar-refractivity contribution in [2.24, 2.45) is 0 Å². The highest BCUT2D eigenvalue weighted by Gasteiger charge is 2.20. The third kappa shape index (κ3) is 3.61. The van der Waals surface area contributed by atoms with E-state index in [-0.39, 0.29) is 5.56 Å². The Bertz CT molecular complexity index is 1300. The quantitative estimate of drug-likeness (QED) is 0.472. The van der Waals surface area contributed by atoms with E-state index in [0.717, 1.165) is 16.8 Å². The van der Waals surface area contributed by atoms with E-state index >= 15 is 0 Å². The van der Waals surface area contributed by atoms with Gasteiger partial charge in [-0.25, -0.2) is 4.98 Å². The second-order valence-electron chi connectivity index (χ2n) is 7.35. The fourth-order valence-electron chi connectivity index (χ4n) is 3.86. The number of ether oxygens (including phenoxy) is 3. The van der Waals surface area contributed by atoms with Gasteiger partial charge in [0.2, 0.25) is 5.75 Å². The monoisotopic (exact) mass is 416 g/mol. The number of hydrogen-bond acceptors (Lipinski definition) is 5. The van der Waals surface area contributed by atoms with E-state index in [1.54, 1.807) is 44.1 Å². The number of aromatic nitrogens is 2. The fourth-order valence-corrected chi connectivity index (χ4v) is 3.86. The predicted octanol–water partition coefficient (Wildman–Crippen LogP) is 4.70. The van der Waals surface area contributed by atoms with Crippen LogP contribution in [0.2, 0.25) is 0 Å². The lowest BCUT2D eigenvalue weighted by molar-refractivity contribution is 0.324. The second kappa shape index (κ2) is 8.14. The number of rotatable bonds is 5. The Labute approximate surface area is 180 Å². The van der Waals surface area contributed by atoms with Gasteiger partial charge in [-0.1, -0.05) is 18.2 Å². The van der Waals surface area contributed by atoms with Gasteiger partial charge in [-0.3, -0.25) is 9.36 Å². The van der Waals surface area contributed by atoms with Crippen LogP contribution in [0, 0.1) is 13.8 Å². The summed E-state index contributed by atoms with van der Waals surface area (Å²) in [6.07, 6.45) is 0. The molecule has 1 heterocycles. The minimum atomic E-state index is -0.139. The standard InChI is InChI=1S/C25H24N2O4/c1-15-10-16(2)12-18(11-15)27-24(26-20-9-7-6-8-19(20)25(27)28)17-13-21(29-3)23(31-5)22(14-17)30-4/h6-14H,1-5H3. The molecule has 6 nitrogen and oxygen atoms in total. The number of methoxy groups -OCH3 is 3. The summed E-state index contributed by atoms with van der Waals surface area (Å²) in [5.41, 5.74) is 4.04. The molecule has 3 aromatic carbocycles. The molecule has 0 aliphatic carbocycles. The normalized spacial score (nSPS) is 10.9. The van der Waals surface area contributed by atoms with Crippen molar-refractivity contribution >= 4 is 10.9 Å². The van der Waals surface area contributed by atoms with Crippen molar-refractivity contribution < 1.29 is 14.2 Å². The van der Waals surface area contributed by atoms with E-state index in [4.69, 9.17) is 19.2 Å². The zero-order valence-electron chi connectivity index (χ0n) is 18.2. The average molecular weight is 416 g/mol. The van der Waals surface area contributed by atoms with Gasteiger partial charge in [0.25, 0.3) is 5.56 Å². The van der Waals surface area contributed by atoms with Gasteiger partial charge in [-0.15, -0.1) is 0 Å². The molecule has 0 aliphatic heterocycles. The molecule has 0 fully saturated rings. The Morgan fingerprint density at radius 2 is 1.42 bits per heavy atom. The van der Waals surface area contributed by atoms with Crippen molar-refractivity contribution in [1.82, 2.24) is 9.55 Å². The first-order chi connectivity index (χ1) is 15.0. The Morgan fingerprint density at radius 3 is 2.00 bits per heavy atom. The molecular formula is C25H24N2O4. The third-order valence-corrected chi connectivity index (χ3v) is 5.16. The second-order valence-corrected chi connectivity index (χ2v) is 7.35. The van der Waals surface area contributed by atoms with E-state index in [1.165, 1.54) is 0 Å². The van der Waals surface area contributed by atoms with Crippen molar-refractivity contribution in [3.8, 4) is 34.3 Å². The van der Waals surface area contributed by atoms with Gasteiger partial charge in [0.1, 0.15) is 5.82 Å². The lowest BCUT2D eigenvalue weighted by atomic mass is 10.1. The number of hydrogen-bond donors (Lipinski definition) is 0. The highest BCUT2D eigenvalue weighted by atomic mass is 16.5. The van der Waals surface area contributed by atoms with E-state index < -0.39 is 0 Å². The summed E-state index contributed by atoms with van der Waals surface area (Å²) in [4.78, 5) is 18.5. The Hall–Kier alpha value is -3.80. The predicted molar refractivity (Wildman–Crippen MR) is 122 cm³/mol. The molecule has 4 rings (SSSR count). The molecule has 0 aliphatic rings. The molecule has 0 radical (unpaired) electrons. The molecule has 31 heavy (non-hydrogen) atoms. The first kappa shape index (κ1) is 20.5. The minimum absolute atomic E-state index is 0.139. The van der Waals surface area contributed by atoms with Crippen LogP contribution in [-0.4, -0.2) is 30.9 Å². The zero-order chi connectivity index (χ0) is 22.1. The van der Waals surface area contributed by atoms with Crippen LogP contribution in [0.25, 0.3) is 28.0 Å². The summed E-state index contributed by atoms with van der Waals surface area (Å²) < 4.78 is 18.1. The van der Waals surface area contributed by atoms with Crippen LogP contribution < -0.4 is 19.8 Å². The molecule has 0 amide bonds. The van der Waals surface area contributed by atoms with E-state index in [9.17, 15) is 4.79 Å². The van der Waals surface area contributed by atoms with Gasteiger partial charge in [0.05, 0.1) is 37.9 Å². The molecule has 0 saturated heterocycles. The zero-order valence-corrected chi connectivity index (χ0v) is 18.2. The van der Waals surface area contributed by atoms with Gasteiger partial charge in [0, 0.05) is 5.56 Å². The Kier molecular flexibility index (Phi) is 5.38. The lowest BCUT2D eigenvalue weighted by Crippen LogP contribution is -2.22.